The van der Waals surface area contributed by atoms with Gasteiger partial charge in [-0.05, 0) is 38.5 Å². The third-order valence-electron chi connectivity index (χ3n) is 3.57. The van der Waals surface area contributed by atoms with Gasteiger partial charge < -0.3 is 10.6 Å². The molecule has 2 atom stereocenters. The van der Waals surface area contributed by atoms with Gasteiger partial charge >= 0.3 is 0 Å². The molecule has 3 rings (SSSR count). The molecule has 3 aliphatic rings. The molecular formula is C11H20N2. The Morgan fingerprint density at radius 3 is 1.46 bits per heavy atom. The third kappa shape index (κ3) is 2.05. The number of nitrogens with one attached hydrogen (secondary N) is 2. The van der Waals surface area contributed by atoms with Crippen molar-refractivity contribution in [1.82, 2.24) is 10.6 Å². The van der Waals surface area contributed by atoms with Crippen LogP contribution in [0, 0.1) is 0 Å². The molecule has 0 bridgehead atoms. The highest BCUT2D eigenvalue weighted by Gasteiger charge is 2.35. The highest BCUT2D eigenvalue weighted by atomic mass is 15.1. The van der Waals surface area contributed by atoms with Gasteiger partial charge in [-0.3, -0.25) is 0 Å². The van der Waals surface area contributed by atoms with Gasteiger partial charge in [0, 0.05) is 24.2 Å². The summed E-state index contributed by atoms with van der Waals surface area (Å²) in [6.45, 7) is 0. The van der Waals surface area contributed by atoms with Crippen LogP contribution in [-0.4, -0.2) is 24.2 Å². The molecule has 0 saturated heterocycles. The van der Waals surface area contributed by atoms with E-state index in [4.69, 9.17) is 0 Å². The van der Waals surface area contributed by atoms with Crippen molar-refractivity contribution in [2.75, 3.05) is 0 Å². The van der Waals surface area contributed by atoms with Gasteiger partial charge in [-0.2, -0.15) is 0 Å². The summed E-state index contributed by atoms with van der Waals surface area (Å²) in [6.07, 6.45) is 9.93. The van der Waals surface area contributed by atoms with Crippen LogP contribution in [0.3, 0.4) is 0 Å². The molecule has 13 heavy (non-hydrogen) atoms. The lowest BCUT2D eigenvalue weighted by Crippen LogP contribution is -2.45. The van der Waals surface area contributed by atoms with Crippen LogP contribution in [0.4, 0.5) is 0 Å². The van der Waals surface area contributed by atoms with E-state index in [9.17, 15) is 0 Å². The van der Waals surface area contributed by atoms with E-state index in [1.165, 1.54) is 44.9 Å². The van der Waals surface area contributed by atoms with Gasteiger partial charge in [0.2, 0.25) is 0 Å². The smallest absolute Gasteiger partial charge is 0.0223 e. The zero-order chi connectivity index (χ0) is 8.67. The van der Waals surface area contributed by atoms with Gasteiger partial charge in [0.25, 0.3) is 0 Å². The first-order valence-corrected chi connectivity index (χ1v) is 5.94. The lowest BCUT2D eigenvalue weighted by Gasteiger charge is -2.22. The standard InChI is InChI=1S/C11H20N2/c1-2-10(12-8-4-5-8)11(3-1)13-9-6-7-9/h8-13H,1-7H2/t10-,11-/m1/s1. The van der Waals surface area contributed by atoms with Gasteiger partial charge in [0.15, 0.2) is 0 Å². The lowest BCUT2D eigenvalue weighted by atomic mass is 10.1. The van der Waals surface area contributed by atoms with Crippen LogP contribution in [0.1, 0.15) is 44.9 Å². The zero-order valence-electron chi connectivity index (χ0n) is 8.26. The Bertz CT molecular complexity index is 165. The summed E-state index contributed by atoms with van der Waals surface area (Å²) in [5.74, 6) is 0. The molecule has 2 N–H and O–H groups in total. The molecule has 0 aromatic carbocycles. The van der Waals surface area contributed by atoms with Gasteiger partial charge in [-0.15, -0.1) is 0 Å². The molecule has 0 aliphatic heterocycles. The molecule has 0 radical (unpaired) electrons. The fourth-order valence-corrected chi connectivity index (χ4v) is 2.46. The van der Waals surface area contributed by atoms with Crippen molar-refractivity contribution in [1.29, 1.82) is 0 Å². The first kappa shape index (κ1) is 8.25. The summed E-state index contributed by atoms with van der Waals surface area (Å²) in [5.41, 5.74) is 0. The first-order valence-electron chi connectivity index (χ1n) is 5.94. The molecule has 3 aliphatic carbocycles. The van der Waals surface area contributed by atoms with E-state index in [0.29, 0.717) is 0 Å². The maximum Gasteiger partial charge on any atom is 0.0223 e. The molecule has 74 valence electrons. The Morgan fingerprint density at radius 1 is 0.615 bits per heavy atom. The fraction of sp³-hybridized carbons (Fsp3) is 1.00. The molecule has 0 aromatic heterocycles. The van der Waals surface area contributed by atoms with Crippen LogP contribution >= 0.6 is 0 Å². The molecule has 3 fully saturated rings. The molecule has 3 saturated carbocycles. The summed E-state index contributed by atoms with van der Waals surface area (Å²) in [7, 11) is 0. The van der Waals surface area contributed by atoms with E-state index in [0.717, 1.165) is 24.2 Å². The van der Waals surface area contributed by atoms with Crippen molar-refractivity contribution in [3.05, 3.63) is 0 Å². The second kappa shape index (κ2) is 3.25. The fourth-order valence-electron chi connectivity index (χ4n) is 2.46. The maximum atomic E-state index is 3.77. The second-order valence-corrected chi connectivity index (χ2v) is 5.03. The monoisotopic (exact) mass is 180 g/mol. The Kier molecular flexibility index (Phi) is 2.06. The minimum absolute atomic E-state index is 0.799. The highest BCUT2D eigenvalue weighted by Crippen LogP contribution is 2.28. The predicted molar refractivity (Wildman–Crippen MR) is 53.7 cm³/mol. The van der Waals surface area contributed by atoms with Crippen LogP contribution in [0.2, 0.25) is 0 Å². The van der Waals surface area contributed by atoms with Crippen molar-refractivity contribution in [3.63, 3.8) is 0 Å². The highest BCUT2D eigenvalue weighted by molar-refractivity contribution is 4.97. The largest absolute Gasteiger partial charge is 0.310 e. The second-order valence-electron chi connectivity index (χ2n) is 5.03. The minimum atomic E-state index is 0.799. The normalized spacial score (nSPS) is 39.7. The van der Waals surface area contributed by atoms with Gasteiger partial charge in [-0.25, -0.2) is 0 Å². The summed E-state index contributed by atoms with van der Waals surface area (Å²) < 4.78 is 0. The topological polar surface area (TPSA) is 24.1 Å². The predicted octanol–water partition coefficient (Wildman–Crippen LogP) is 1.41. The Balaban J connectivity index is 1.51. The van der Waals surface area contributed by atoms with Gasteiger partial charge in [-0.1, -0.05) is 6.42 Å². The van der Waals surface area contributed by atoms with Crippen LogP contribution in [0.5, 0.6) is 0 Å². The van der Waals surface area contributed by atoms with Crippen molar-refractivity contribution in [2.24, 2.45) is 0 Å². The van der Waals surface area contributed by atoms with Crippen molar-refractivity contribution in [2.45, 2.75) is 69.1 Å². The van der Waals surface area contributed by atoms with E-state index in [1.54, 1.807) is 0 Å². The van der Waals surface area contributed by atoms with Crippen LogP contribution in [0.25, 0.3) is 0 Å². The quantitative estimate of drug-likeness (QED) is 0.683. The molecule has 0 spiro atoms. The first-order chi connectivity index (χ1) is 6.42. The Morgan fingerprint density at radius 2 is 1.08 bits per heavy atom. The maximum absolute atomic E-state index is 3.77. The van der Waals surface area contributed by atoms with E-state index in [1.807, 2.05) is 0 Å². The van der Waals surface area contributed by atoms with E-state index < -0.39 is 0 Å². The SMILES string of the molecule is C1C[C@@H](NC2CC2)[C@H](NC2CC2)C1. The van der Waals surface area contributed by atoms with Crippen molar-refractivity contribution >= 4 is 0 Å². The lowest BCUT2D eigenvalue weighted by molar-refractivity contribution is 0.405. The van der Waals surface area contributed by atoms with Crippen LogP contribution in [-0.2, 0) is 0 Å². The summed E-state index contributed by atoms with van der Waals surface area (Å²) >= 11 is 0. The van der Waals surface area contributed by atoms with Crippen molar-refractivity contribution < 1.29 is 0 Å². The van der Waals surface area contributed by atoms with Crippen molar-refractivity contribution in [3.8, 4) is 0 Å². The molecule has 2 heteroatoms. The molecular weight excluding hydrogens is 160 g/mol. The number of hydrogen-bond acceptors (Lipinski definition) is 2. The van der Waals surface area contributed by atoms with E-state index in [2.05, 4.69) is 10.6 Å². The number of hydrogen-bond donors (Lipinski definition) is 2. The Labute approximate surface area is 80.5 Å². The summed E-state index contributed by atoms with van der Waals surface area (Å²) in [5, 5.41) is 7.55. The minimum Gasteiger partial charge on any atom is -0.310 e. The molecule has 0 heterocycles. The Hall–Kier alpha value is -0.0800. The molecule has 2 nitrogen and oxygen atoms in total. The molecule has 0 unspecified atom stereocenters. The average molecular weight is 180 g/mol. The summed E-state index contributed by atoms with van der Waals surface area (Å²) in [6, 6.07) is 3.36. The third-order valence-corrected chi connectivity index (χ3v) is 3.57. The average Bonchev–Trinajstić information content (AvgIpc) is 2.95. The zero-order valence-corrected chi connectivity index (χ0v) is 8.26. The van der Waals surface area contributed by atoms with Gasteiger partial charge in [0.05, 0.1) is 0 Å². The van der Waals surface area contributed by atoms with Crippen LogP contribution in [0.15, 0.2) is 0 Å². The van der Waals surface area contributed by atoms with Crippen LogP contribution < -0.4 is 10.6 Å². The van der Waals surface area contributed by atoms with E-state index >= 15 is 0 Å². The van der Waals surface area contributed by atoms with E-state index in [-0.39, 0.29) is 0 Å². The summed E-state index contributed by atoms with van der Waals surface area (Å²) in [4.78, 5) is 0. The molecule has 0 amide bonds. The number of rotatable bonds is 4. The molecule has 0 aromatic rings. The van der Waals surface area contributed by atoms with Gasteiger partial charge in [0.1, 0.15) is 0 Å².